The van der Waals surface area contributed by atoms with Gasteiger partial charge < -0.3 is 10.1 Å². The average Bonchev–Trinajstić information content (AvgIpc) is 2.92. The van der Waals surface area contributed by atoms with Crippen molar-refractivity contribution in [3.05, 3.63) is 35.4 Å². The summed E-state index contributed by atoms with van der Waals surface area (Å²) in [6, 6.07) is 9.87. The van der Waals surface area contributed by atoms with Gasteiger partial charge in [0.15, 0.2) is 0 Å². The van der Waals surface area contributed by atoms with Crippen LogP contribution in [0.15, 0.2) is 24.3 Å². The molecule has 1 aromatic rings. The van der Waals surface area contributed by atoms with Gasteiger partial charge in [0.05, 0.1) is 17.7 Å². The Bertz CT molecular complexity index is 388. The minimum Gasteiger partial charge on any atom is -0.378 e. The molecule has 0 bridgehead atoms. The van der Waals surface area contributed by atoms with E-state index < -0.39 is 0 Å². The summed E-state index contributed by atoms with van der Waals surface area (Å²) in [5.41, 5.74) is 1.95. The maximum absolute atomic E-state index is 8.70. The standard InChI is InChI=1S/C15H20N2O/c16-11-13-5-7-14(8-6-13)12-17-9-1-3-15-4-2-10-18-15/h5-8,15,17H,1-4,9-10,12H2. The van der Waals surface area contributed by atoms with E-state index in [4.69, 9.17) is 10.00 Å². The Balaban J connectivity index is 1.58. The van der Waals surface area contributed by atoms with Gasteiger partial charge in [0.2, 0.25) is 0 Å². The van der Waals surface area contributed by atoms with Gasteiger partial charge in [-0.2, -0.15) is 5.26 Å². The molecule has 1 heterocycles. The van der Waals surface area contributed by atoms with E-state index in [1.54, 1.807) is 0 Å². The quantitative estimate of drug-likeness (QED) is 0.782. The van der Waals surface area contributed by atoms with Crippen LogP contribution in [-0.4, -0.2) is 19.3 Å². The van der Waals surface area contributed by atoms with E-state index in [0.29, 0.717) is 6.10 Å². The molecule has 3 heteroatoms. The summed E-state index contributed by atoms with van der Waals surface area (Å²) >= 11 is 0. The molecule has 0 aromatic heterocycles. The first kappa shape index (κ1) is 13.1. The average molecular weight is 244 g/mol. The second kappa shape index (κ2) is 7.15. The second-order valence-corrected chi connectivity index (χ2v) is 4.76. The summed E-state index contributed by atoms with van der Waals surface area (Å²) in [5, 5.41) is 12.1. The zero-order valence-corrected chi connectivity index (χ0v) is 10.7. The van der Waals surface area contributed by atoms with Crippen LogP contribution in [0.5, 0.6) is 0 Å². The largest absolute Gasteiger partial charge is 0.378 e. The third-order valence-electron chi connectivity index (χ3n) is 3.32. The molecule has 0 radical (unpaired) electrons. The molecule has 0 spiro atoms. The predicted molar refractivity (Wildman–Crippen MR) is 71.1 cm³/mol. The van der Waals surface area contributed by atoms with Crippen LogP contribution in [0.25, 0.3) is 0 Å². The molecule has 0 amide bonds. The second-order valence-electron chi connectivity index (χ2n) is 4.76. The fraction of sp³-hybridized carbons (Fsp3) is 0.533. The first-order valence-electron chi connectivity index (χ1n) is 6.70. The molecule has 1 saturated heterocycles. The molecule has 1 N–H and O–H groups in total. The minimum absolute atomic E-state index is 0.502. The third-order valence-corrected chi connectivity index (χ3v) is 3.32. The van der Waals surface area contributed by atoms with Crippen LogP contribution in [0, 0.1) is 11.3 Å². The Morgan fingerprint density at radius 2 is 2.17 bits per heavy atom. The molecule has 18 heavy (non-hydrogen) atoms. The Morgan fingerprint density at radius 1 is 1.33 bits per heavy atom. The first-order chi connectivity index (χ1) is 8.88. The van der Waals surface area contributed by atoms with E-state index in [2.05, 4.69) is 11.4 Å². The van der Waals surface area contributed by atoms with E-state index in [1.807, 2.05) is 24.3 Å². The summed E-state index contributed by atoms with van der Waals surface area (Å²) in [6.45, 7) is 2.85. The van der Waals surface area contributed by atoms with Gasteiger partial charge in [-0.15, -0.1) is 0 Å². The number of rotatable bonds is 6. The Kier molecular flexibility index (Phi) is 5.19. The molecule has 1 unspecified atom stereocenters. The smallest absolute Gasteiger partial charge is 0.0991 e. The molecule has 0 aliphatic carbocycles. The Labute approximate surface area is 109 Å². The van der Waals surface area contributed by atoms with Crippen molar-refractivity contribution in [2.75, 3.05) is 13.2 Å². The normalized spacial score (nSPS) is 18.7. The molecule has 1 aromatic carbocycles. The number of hydrogen-bond donors (Lipinski definition) is 1. The predicted octanol–water partition coefficient (Wildman–Crippen LogP) is 2.61. The molecule has 1 atom stereocenters. The number of hydrogen-bond acceptors (Lipinski definition) is 3. The van der Waals surface area contributed by atoms with Gasteiger partial charge in [0, 0.05) is 13.2 Å². The first-order valence-corrected chi connectivity index (χ1v) is 6.70. The molecule has 2 rings (SSSR count). The summed E-state index contributed by atoms with van der Waals surface area (Å²) in [7, 11) is 0. The third kappa shape index (κ3) is 4.14. The van der Waals surface area contributed by atoms with Crippen LogP contribution in [0.2, 0.25) is 0 Å². The van der Waals surface area contributed by atoms with Crippen molar-refractivity contribution in [3.8, 4) is 6.07 Å². The topological polar surface area (TPSA) is 45.0 Å². The lowest BCUT2D eigenvalue weighted by Crippen LogP contribution is -2.16. The van der Waals surface area contributed by atoms with Gasteiger partial charge in [0.25, 0.3) is 0 Å². The van der Waals surface area contributed by atoms with Gasteiger partial charge in [-0.1, -0.05) is 12.1 Å². The van der Waals surface area contributed by atoms with Gasteiger partial charge in [0.1, 0.15) is 0 Å². The van der Waals surface area contributed by atoms with E-state index in [0.717, 1.165) is 25.3 Å². The lowest BCUT2D eigenvalue weighted by molar-refractivity contribution is 0.102. The van der Waals surface area contributed by atoms with E-state index in [1.165, 1.54) is 31.2 Å². The summed E-state index contributed by atoms with van der Waals surface area (Å²) in [4.78, 5) is 0. The molecular weight excluding hydrogens is 224 g/mol. The SMILES string of the molecule is N#Cc1ccc(CNCCCC2CCCO2)cc1. The summed E-state index contributed by atoms with van der Waals surface area (Å²) in [5.74, 6) is 0. The van der Waals surface area contributed by atoms with Crippen molar-refractivity contribution in [1.82, 2.24) is 5.32 Å². The van der Waals surface area contributed by atoms with Crippen molar-refractivity contribution in [2.24, 2.45) is 0 Å². The van der Waals surface area contributed by atoms with Crippen molar-refractivity contribution in [2.45, 2.75) is 38.3 Å². The Morgan fingerprint density at radius 3 is 2.83 bits per heavy atom. The van der Waals surface area contributed by atoms with Crippen LogP contribution >= 0.6 is 0 Å². The highest BCUT2D eigenvalue weighted by molar-refractivity contribution is 5.31. The lowest BCUT2D eigenvalue weighted by Gasteiger charge is -2.09. The molecular formula is C15H20N2O. The summed E-state index contributed by atoms with van der Waals surface area (Å²) < 4.78 is 5.58. The van der Waals surface area contributed by atoms with Crippen molar-refractivity contribution < 1.29 is 4.74 Å². The van der Waals surface area contributed by atoms with Crippen molar-refractivity contribution in [3.63, 3.8) is 0 Å². The number of benzene rings is 1. The molecule has 96 valence electrons. The van der Waals surface area contributed by atoms with Crippen LogP contribution in [-0.2, 0) is 11.3 Å². The van der Waals surface area contributed by atoms with Crippen LogP contribution in [0.4, 0.5) is 0 Å². The summed E-state index contributed by atoms with van der Waals surface area (Å²) in [6.07, 6.45) is 5.29. The minimum atomic E-state index is 0.502. The zero-order valence-electron chi connectivity index (χ0n) is 10.7. The van der Waals surface area contributed by atoms with E-state index in [9.17, 15) is 0 Å². The number of nitriles is 1. The zero-order chi connectivity index (χ0) is 12.6. The fourth-order valence-corrected chi connectivity index (χ4v) is 2.26. The van der Waals surface area contributed by atoms with Crippen molar-refractivity contribution in [1.29, 1.82) is 5.26 Å². The van der Waals surface area contributed by atoms with E-state index in [-0.39, 0.29) is 0 Å². The molecule has 1 aliphatic rings. The Hall–Kier alpha value is -1.37. The number of ether oxygens (including phenoxy) is 1. The number of nitrogens with zero attached hydrogens (tertiary/aromatic N) is 1. The molecule has 3 nitrogen and oxygen atoms in total. The highest BCUT2D eigenvalue weighted by Gasteiger charge is 2.14. The van der Waals surface area contributed by atoms with Crippen LogP contribution < -0.4 is 5.32 Å². The van der Waals surface area contributed by atoms with Gasteiger partial charge in [-0.05, 0) is 49.9 Å². The molecule has 1 fully saturated rings. The number of nitrogens with one attached hydrogen (secondary N) is 1. The molecule has 1 aliphatic heterocycles. The van der Waals surface area contributed by atoms with Crippen LogP contribution in [0.1, 0.15) is 36.8 Å². The van der Waals surface area contributed by atoms with Crippen molar-refractivity contribution >= 4 is 0 Å². The molecule has 0 saturated carbocycles. The monoisotopic (exact) mass is 244 g/mol. The van der Waals surface area contributed by atoms with Gasteiger partial charge in [-0.25, -0.2) is 0 Å². The van der Waals surface area contributed by atoms with Gasteiger partial charge >= 0.3 is 0 Å². The highest BCUT2D eigenvalue weighted by atomic mass is 16.5. The van der Waals surface area contributed by atoms with E-state index >= 15 is 0 Å². The maximum Gasteiger partial charge on any atom is 0.0991 e. The lowest BCUT2D eigenvalue weighted by atomic mass is 10.1. The fourth-order valence-electron chi connectivity index (χ4n) is 2.26. The highest BCUT2D eigenvalue weighted by Crippen LogP contribution is 2.16. The maximum atomic E-state index is 8.70. The van der Waals surface area contributed by atoms with Crippen LogP contribution in [0.3, 0.4) is 0 Å². The van der Waals surface area contributed by atoms with Gasteiger partial charge in [-0.3, -0.25) is 0 Å².